The average molecular weight is 311 g/mol. The van der Waals surface area contributed by atoms with Crippen molar-refractivity contribution in [3.8, 4) is 0 Å². The average Bonchev–Trinajstić information content (AvgIpc) is 2.36. The Hall–Kier alpha value is -1.01. The summed E-state index contributed by atoms with van der Waals surface area (Å²) in [5, 5.41) is 12.4. The second kappa shape index (κ2) is 7.13. The summed E-state index contributed by atoms with van der Waals surface area (Å²) in [5.74, 6) is 0.110. The number of nitrogens with zero attached hydrogens (tertiary/aromatic N) is 1. The normalized spacial score (nSPS) is 13.6. The minimum absolute atomic E-state index is 0.00910. The van der Waals surface area contributed by atoms with E-state index < -0.39 is 17.8 Å². The summed E-state index contributed by atoms with van der Waals surface area (Å²) in [6, 6.07) is 1.65. The van der Waals surface area contributed by atoms with E-state index in [-0.39, 0.29) is 23.4 Å². The van der Waals surface area contributed by atoms with Crippen molar-refractivity contribution in [1.29, 1.82) is 0 Å². The molecule has 0 aliphatic rings. The van der Waals surface area contributed by atoms with Crippen molar-refractivity contribution in [2.24, 2.45) is 5.92 Å². The Morgan fingerprint density at radius 2 is 1.90 bits per heavy atom. The van der Waals surface area contributed by atoms with E-state index in [1.165, 1.54) is 0 Å². The molecule has 0 aromatic carbocycles. The van der Waals surface area contributed by atoms with Gasteiger partial charge in [0.25, 0.3) is 0 Å². The summed E-state index contributed by atoms with van der Waals surface area (Å²) in [5.41, 5.74) is -0.864. The first-order chi connectivity index (χ1) is 9.27. The molecular weight excluding hydrogens is 293 g/mol. The van der Waals surface area contributed by atoms with Crippen LogP contribution < -0.4 is 5.32 Å². The fraction of sp³-hybridized carbons (Fsp3) is 0.615. The van der Waals surface area contributed by atoms with Crippen molar-refractivity contribution in [3.05, 3.63) is 22.8 Å². The van der Waals surface area contributed by atoms with Gasteiger partial charge in [-0.1, -0.05) is 38.3 Å². The lowest BCUT2D eigenvalue weighted by Gasteiger charge is -2.20. The number of alkyl halides is 3. The van der Waals surface area contributed by atoms with Crippen molar-refractivity contribution in [2.75, 3.05) is 11.9 Å². The highest BCUT2D eigenvalue weighted by Gasteiger charge is 2.31. The fourth-order valence-corrected chi connectivity index (χ4v) is 2.17. The third-order valence-electron chi connectivity index (χ3n) is 3.21. The summed E-state index contributed by atoms with van der Waals surface area (Å²) in [6.45, 7) is 4.05. The van der Waals surface area contributed by atoms with Crippen LogP contribution in [0.3, 0.4) is 0 Å². The van der Waals surface area contributed by atoms with Crippen LogP contribution >= 0.6 is 11.6 Å². The Kier molecular flexibility index (Phi) is 6.07. The van der Waals surface area contributed by atoms with Gasteiger partial charge in [0.15, 0.2) is 0 Å². The van der Waals surface area contributed by atoms with Crippen molar-refractivity contribution in [1.82, 2.24) is 4.98 Å². The van der Waals surface area contributed by atoms with E-state index in [4.69, 9.17) is 11.6 Å². The minimum Gasteiger partial charge on any atom is -0.391 e. The second-order valence-electron chi connectivity index (χ2n) is 4.59. The van der Waals surface area contributed by atoms with E-state index in [1.54, 1.807) is 0 Å². The number of anilines is 1. The summed E-state index contributed by atoms with van der Waals surface area (Å²) in [7, 11) is 0. The predicted molar refractivity (Wildman–Crippen MR) is 72.8 cm³/mol. The maximum atomic E-state index is 12.6. The number of hydrogen-bond acceptors (Lipinski definition) is 3. The molecule has 0 aliphatic carbocycles. The molecule has 1 aromatic heterocycles. The molecule has 0 radical (unpaired) electrons. The molecule has 0 bridgehead atoms. The van der Waals surface area contributed by atoms with Crippen LogP contribution in [-0.4, -0.2) is 22.7 Å². The molecular formula is C13H18ClF3N2O. The molecule has 20 heavy (non-hydrogen) atoms. The van der Waals surface area contributed by atoms with Crippen LogP contribution in [0.4, 0.5) is 19.0 Å². The van der Waals surface area contributed by atoms with Crippen LogP contribution in [0, 0.1) is 5.92 Å². The Morgan fingerprint density at radius 1 is 1.30 bits per heavy atom. The molecule has 0 saturated heterocycles. The highest BCUT2D eigenvalue weighted by molar-refractivity contribution is 6.29. The molecule has 7 heteroatoms. The van der Waals surface area contributed by atoms with Gasteiger partial charge in [0.2, 0.25) is 0 Å². The van der Waals surface area contributed by atoms with Crippen molar-refractivity contribution in [3.63, 3.8) is 0 Å². The maximum absolute atomic E-state index is 12.6. The van der Waals surface area contributed by atoms with E-state index in [9.17, 15) is 18.3 Å². The number of rotatable bonds is 6. The zero-order valence-corrected chi connectivity index (χ0v) is 12.1. The first kappa shape index (κ1) is 17.0. The molecule has 0 aliphatic heterocycles. The van der Waals surface area contributed by atoms with E-state index in [0.717, 1.165) is 25.0 Å². The van der Waals surface area contributed by atoms with Crippen LogP contribution in [0.1, 0.15) is 32.3 Å². The number of aromatic nitrogens is 1. The molecule has 0 fully saturated rings. The standard InChI is InChI=1S/C13H18ClF3N2O/c1-3-8(4-2)10(20)7-18-12-6-9(13(15,16)17)5-11(14)19-12/h5-6,8,10,20H,3-4,7H2,1-2H3,(H,18,19). The van der Waals surface area contributed by atoms with Gasteiger partial charge in [0.1, 0.15) is 11.0 Å². The Balaban J connectivity index is 2.76. The molecule has 1 unspecified atom stereocenters. The van der Waals surface area contributed by atoms with Crippen LogP contribution in [-0.2, 0) is 6.18 Å². The van der Waals surface area contributed by atoms with E-state index in [2.05, 4.69) is 10.3 Å². The number of hydrogen-bond donors (Lipinski definition) is 2. The molecule has 0 saturated carbocycles. The first-order valence-corrected chi connectivity index (χ1v) is 6.82. The van der Waals surface area contributed by atoms with Gasteiger partial charge in [0, 0.05) is 6.54 Å². The lowest BCUT2D eigenvalue weighted by Crippen LogP contribution is -2.28. The molecule has 1 heterocycles. The van der Waals surface area contributed by atoms with Crippen molar-refractivity contribution < 1.29 is 18.3 Å². The van der Waals surface area contributed by atoms with Gasteiger partial charge < -0.3 is 10.4 Å². The molecule has 0 spiro atoms. The third kappa shape index (κ3) is 4.83. The van der Waals surface area contributed by atoms with Gasteiger partial charge in [-0.05, 0) is 18.1 Å². The van der Waals surface area contributed by atoms with Crippen LogP contribution in [0.2, 0.25) is 5.15 Å². The third-order valence-corrected chi connectivity index (χ3v) is 3.40. The van der Waals surface area contributed by atoms with Crippen molar-refractivity contribution in [2.45, 2.75) is 39.0 Å². The number of aliphatic hydroxyl groups is 1. The fourth-order valence-electron chi connectivity index (χ4n) is 1.96. The summed E-state index contributed by atoms with van der Waals surface area (Å²) in [4.78, 5) is 3.77. The van der Waals surface area contributed by atoms with Gasteiger partial charge >= 0.3 is 6.18 Å². The van der Waals surface area contributed by atoms with Crippen LogP contribution in [0.15, 0.2) is 12.1 Å². The van der Waals surface area contributed by atoms with Gasteiger partial charge in [-0.3, -0.25) is 0 Å². The van der Waals surface area contributed by atoms with Crippen LogP contribution in [0.25, 0.3) is 0 Å². The summed E-state index contributed by atoms with van der Waals surface area (Å²) >= 11 is 5.57. The molecule has 114 valence electrons. The minimum atomic E-state index is -4.48. The Bertz CT molecular complexity index is 436. The topological polar surface area (TPSA) is 45.1 Å². The molecule has 3 nitrogen and oxygen atoms in total. The number of halogens is 4. The largest absolute Gasteiger partial charge is 0.416 e. The lowest BCUT2D eigenvalue weighted by molar-refractivity contribution is -0.137. The molecule has 1 rings (SSSR count). The highest BCUT2D eigenvalue weighted by atomic mass is 35.5. The molecule has 1 aromatic rings. The van der Waals surface area contributed by atoms with Gasteiger partial charge in [-0.2, -0.15) is 13.2 Å². The van der Waals surface area contributed by atoms with Gasteiger partial charge in [0.05, 0.1) is 11.7 Å². The van der Waals surface area contributed by atoms with Crippen molar-refractivity contribution >= 4 is 17.4 Å². The molecule has 1 atom stereocenters. The first-order valence-electron chi connectivity index (χ1n) is 6.44. The van der Waals surface area contributed by atoms with Gasteiger partial charge in [-0.25, -0.2) is 4.98 Å². The lowest BCUT2D eigenvalue weighted by atomic mass is 9.96. The van der Waals surface area contributed by atoms with Gasteiger partial charge in [-0.15, -0.1) is 0 Å². The summed E-state index contributed by atoms with van der Waals surface area (Å²) in [6.07, 6.45) is -3.51. The van der Waals surface area contributed by atoms with E-state index >= 15 is 0 Å². The zero-order valence-electron chi connectivity index (χ0n) is 11.3. The summed E-state index contributed by atoms with van der Waals surface area (Å²) < 4.78 is 37.9. The monoisotopic (exact) mass is 310 g/mol. The number of aliphatic hydroxyl groups excluding tert-OH is 1. The number of nitrogens with one attached hydrogen (secondary N) is 1. The quantitative estimate of drug-likeness (QED) is 0.782. The predicted octanol–water partition coefficient (Wildman–Crippen LogP) is 3.96. The smallest absolute Gasteiger partial charge is 0.391 e. The second-order valence-corrected chi connectivity index (χ2v) is 4.97. The van der Waals surface area contributed by atoms with E-state index in [1.807, 2.05) is 13.8 Å². The maximum Gasteiger partial charge on any atom is 0.416 e. The van der Waals surface area contributed by atoms with Crippen LogP contribution in [0.5, 0.6) is 0 Å². The Morgan fingerprint density at radius 3 is 2.40 bits per heavy atom. The van der Waals surface area contributed by atoms with E-state index in [0.29, 0.717) is 0 Å². The zero-order chi connectivity index (χ0) is 15.3. The highest BCUT2D eigenvalue weighted by Crippen LogP contribution is 2.32. The molecule has 2 N–H and O–H groups in total. The number of pyridine rings is 1. The Labute approximate surface area is 121 Å². The molecule has 0 amide bonds. The SMILES string of the molecule is CCC(CC)C(O)CNc1cc(C(F)(F)F)cc(Cl)n1.